The Morgan fingerprint density at radius 3 is 2.68 bits per heavy atom. The lowest BCUT2D eigenvalue weighted by Gasteiger charge is -2.39. The van der Waals surface area contributed by atoms with Crippen LogP contribution >= 0.6 is 0 Å². The molecule has 0 aromatic heterocycles. The molecule has 1 spiro atoms. The molecule has 4 heterocycles. The fraction of sp³-hybridized carbons (Fsp3) is 0.500. The van der Waals surface area contributed by atoms with E-state index >= 15 is 0 Å². The van der Waals surface area contributed by atoms with Crippen LogP contribution in [0.1, 0.15) is 72.0 Å². The highest BCUT2D eigenvalue weighted by Crippen LogP contribution is 2.44. The molecule has 8 nitrogen and oxygen atoms in total. The number of hydrogen-bond acceptors (Lipinski definition) is 6. The molecule has 38 heavy (non-hydrogen) atoms. The summed E-state index contributed by atoms with van der Waals surface area (Å²) in [6.07, 6.45) is 5.88. The van der Waals surface area contributed by atoms with E-state index < -0.39 is 11.9 Å². The van der Waals surface area contributed by atoms with E-state index in [4.69, 9.17) is 9.47 Å². The molecule has 0 aliphatic carbocycles. The van der Waals surface area contributed by atoms with Gasteiger partial charge in [0, 0.05) is 30.6 Å². The fourth-order valence-electron chi connectivity index (χ4n) is 6.42. The number of ether oxygens (including phenoxy) is 2. The van der Waals surface area contributed by atoms with Crippen molar-refractivity contribution in [2.75, 3.05) is 26.2 Å². The van der Waals surface area contributed by atoms with Crippen LogP contribution in [0, 0.1) is 0 Å². The topological polar surface area (TPSA) is 88.2 Å². The van der Waals surface area contributed by atoms with Crippen molar-refractivity contribution in [2.45, 2.75) is 69.7 Å². The van der Waals surface area contributed by atoms with Gasteiger partial charge in [-0.3, -0.25) is 19.7 Å². The zero-order valence-electron chi connectivity index (χ0n) is 21.7. The number of likely N-dealkylation sites (tertiary alicyclic amines) is 1. The molecule has 0 saturated carbocycles. The maximum absolute atomic E-state index is 13.0. The Balaban J connectivity index is 0.938. The number of rotatable bonds is 8. The van der Waals surface area contributed by atoms with E-state index in [-0.39, 0.29) is 23.8 Å². The van der Waals surface area contributed by atoms with Crippen LogP contribution in [0.5, 0.6) is 5.75 Å². The molecule has 200 valence electrons. The summed E-state index contributed by atoms with van der Waals surface area (Å²) < 4.78 is 12.4. The standard InChI is InChI=1S/C30H35N3O5/c34-27-12-11-25(28(35)31-27)33-19-23-22(29(33)36)8-6-10-26(23)37-18-5-1-4-15-32-16-13-30(14-17-32)24-9-3-2-7-21(24)20-38-30/h2-3,6-10,25H,1,4-5,11-20H2,(H,31,34,35). The molecule has 3 amide bonds. The molecule has 1 atom stereocenters. The van der Waals surface area contributed by atoms with Gasteiger partial charge in [-0.1, -0.05) is 30.3 Å². The Bertz CT molecular complexity index is 1240. The molecule has 2 fully saturated rings. The number of imide groups is 1. The summed E-state index contributed by atoms with van der Waals surface area (Å²) in [5, 5.41) is 2.35. The monoisotopic (exact) mass is 517 g/mol. The van der Waals surface area contributed by atoms with E-state index in [2.05, 4.69) is 34.5 Å². The summed E-state index contributed by atoms with van der Waals surface area (Å²) in [7, 11) is 0. The van der Waals surface area contributed by atoms with E-state index in [9.17, 15) is 14.4 Å². The van der Waals surface area contributed by atoms with Gasteiger partial charge >= 0.3 is 0 Å². The van der Waals surface area contributed by atoms with Crippen molar-refractivity contribution >= 4 is 17.7 Å². The Kier molecular flexibility index (Phi) is 6.93. The predicted octanol–water partition coefficient (Wildman–Crippen LogP) is 3.52. The molecule has 1 N–H and O–H groups in total. The first-order valence-electron chi connectivity index (χ1n) is 13.9. The van der Waals surface area contributed by atoms with Gasteiger partial charge in [-0.25, -0.2) is 0 Å². The number of nitrogens with zero attached hydrogens (tertiary/aromatic N) is 2. The van der Waals surface area contributed by atoms with E-state index in [1.54, 1.807) is 11.0 Å². The summed E-state index contributed by atoms with van der Waals surface area (Å²) >= 11 is 0. The largest absolute Gasteiger partial charge is 0.493 e. The summed E-state index contributed by atoms with van der Waals surface area (Å²) in [5.41, 5.74) is 4.08. The lowest BCUT2D eigenvalue weighted by molar-refractivity contribution is -0.136. The fourth-order valence-corrected chi connectivity index (χ4v) is 6.42. The van der Waals surface area contributed by atoms with Crippen molar-refractivity contribution in [1.82, 2.24) is 15.1 Å². The van der Waals surface area contributed by atoms with Crippen LogP contribution in [-0.2, 0) is 33.1 Å². The van der Waals surface area contributed by atoms with Gasteiger partial charge in [-0.2, -0.15) is 0 Å². The van der Waals surface area contributed by atoms with Crippen LogP contribution in [0.3, 0.4) is 0 Å². The number of hydrogen-bond donors (Lipinski definition) is 1. The average Bonchev–Trinajstić information content (AvgIpc) is 3.46. The van der Waals surface area contributed by atoms with E-state index in [1.165, 1.54) is 11.1 Å². The number of nitrogens with one attached hydrogen (secondary N) is 1. The van der Waals surface area contributed by atoms with Gasteiger partial charge in [0.05, 0.1) is 25.4 Å². The first-order chi connectivity index (χ1) is 18.5. The van der Waals surface area contributed by atoms with Gasteiger partial charge in [0.25, 0.3) is 5.91 Å². The molecule has 2 aromatic carbocycles. The Morgan fingerprint density at radius 2 is 1.84 bits per heavy atom. The highest BCUT2D eigenvalue weighted by atomic mass is 16.5. The maximum atomic E-state index is 13.0. The highest BCUT2D eigenvalue weighted by molar-refractivity contribution is 6.05. The molecule has 2 saturated heterocycles. The number of unbranched alkanes of at least 4 members (excludes halogenated alkanes) is 2. The van der Waals surface area contributed by atoms with Gasteiger partial charge in [0.15, 0.2) is 0 Å². The third kappa shape index (κ3) is 4.71. The number of benzene rings is 2. The average molecular weight is 518 g/mol. The van der Waals surface area contributed by atoms with Gasteiger partial charge in [0.2, 0.25) is 11.8 Å². The van der Waals surface area contributed by atoms with E-state index in [0.29, 0.717) is 30.9 Å². The van der Waals surface area contributed by atoms with E-state index in [0.717, 1.165) is 63.9 Å². The molecular weight excluding hydrogens is 482 g/mol. The minimum Gasteiger partial charge on any atom is -0.493 e. The third-order valence-corrected chi connectivity index (χ3v) is 8.59. The molecule has 0 bridgehead atoms. The SMILES string of the molecule is O=C1CCC(N2Cc3c(OCCCCCN4CCC5(CC4)OCc4ccccc45)cccc3C2=O)C(=O)N1. The third-order valence-electron chi connectivity index (χ3n) is 8.59. The number of carbonyl (C=O) groups excluding carboxylic acids is 3. The number of amides is 3. The Labute approximate surface area is 223 Å². The van der Waals surface area contributed by atoms with Crippen LogP contribution in [0.4, 0.5) is 0 Å². The predicted molar refractivity (Wildman–Crippen MR) is 140 cm³/mol. The van der Waals surface area contributed by atoms with Crippen LogP contribution < -0.4 is 10.1 Å². The molecule has 4 aliphatic rings. The second-order valence-corrected chi connectivity index (χ2v) is 10.9. The Morgan fingerprint density at radius 1 is 1.00 bits per heavy atom. The van der Waals surface area contributed by atoms with Crippen molar-refractivity contribution < 1.29 is 23.9 Å². The van der Waals surface area contributed by atoms with Crippen LogP contribution in [0.2, 0.25) is 0 Å². The summed E-state index contributed by atoms with van der Waals surface area (Å²) in [6, 6.07) is 13.6. The molecular formula is C30H35N3O5. The maximum Gasteiger partial charge on any atom is 0.255 e. The van der Waals surface area contributed by atoms with Crippen molar-refractivity contribution in [3.05, 3.63) is 64.7 Å². The lowest BCUT2D eigenvalue weighted by Crippen LogP contribution is -2.52. The second-order valence-electron chi connectivity index (χ2n) is 10.9. The number of carbonyl (C=O) groups is 3. The quantitative estimate of drug-likeness (QED) is 0.426. The van der Waals surface area contributed by atoms with Crippen molar-refractivity contribution in [3.8, 4) is 5.75 Å². The number of fused-ring (bicyclic) bond motifs is 3. The first kappa shape index (κ1) is 25.1. The molecule has 0 radical (unpaired) electrons. The molecule has 6 rings (SSSR count). The van der Waals surface area contributed by atoms with Crippen molar-refractivity contribution in [3.63, 3.8) is 0 Å². The summed E-state index contributed by atoms with van der Waals surface area (Å²) in [4.78, 5) is 40.9. The highest BCUT2D eigenvalue weighted by Gasteiger charge is 2.42. The van der Waals surface area contributed by atoms with Crippen LogP contribution in [0.25, 0.3) is 0 Å². The molecule has 4 aliphatic heterocycles. The summed E-state index contributed by atoms with van der Waals surface area (Å²) in [6.45, 7) is 4.90. The van der Waals surface area contributed by atoms with Crippen molar-refractivity contribution in [2.24, 2.45) is 0 Å². The first-order valence-corrected chi connectivity index (χ1v) is 13.9. The van der Waals surface area contributed by atoms with Crippen LogP contribution in [-0.4, -0.2) is 59.8 Å². The lowest BCUT2D eigenvalue weighted by atomic mass is 9.84. The molecule has 8 heteroatoms. The minimum absolute atomic E-state index is 0.0773. The van der Waals surface area contributed by atoms with Crippen molar-refractivity contribution in [1.29, 1.82) is 0 Å². The van der Waals surface area contributed by atoms with Gasteiger partial charge in [0.1, 0.15) is 11.8 Å². The van der Waals surface area contributed by atoms with Gasteiger partial charge in [-0.05, 0) is 68.3 Å². The smallest absolute Gasteiger partial charge is 0.255 e. The summed E-state index contributed by atoms with van der Waals surface area (Å²) in [5.74, 6) is -0.134. The van der Waals surface area contributed by atoms with Gasteiger partial charge in [-0.15, -0.1) is 0 Å². The van der Waals surface area contributed by atoms with Gasteiger partial charge < -0.3 is 19.3 Å². The molecule has 1 unspecified atom stereocenters. The molecule has 2 aromatic rings. The number of piperidine rings is 2. The zero-order chi connectivity index (χ0) is 26.1. The normalized spacial score (nSPS) is 22.5. The zero-order valence-corrected chi connectivity index (χ0v) is 21.7. The minimum atomic E-state index is -0.611. The Hall–Kier alpha value is -3.23. The van der Waals surface area contributed by atoms with Crippen LogP contribution in [0.15, 0.2) is 42.5 Å². The van der Waals surface area contributed by atoms with E-state index in [1.807, 2.05) is 12.1 Å². The second kappa shape index (κ2) is 10.5.